The van der Waals surface area contributed by atoms with E-state index in [1.165, 1.54) is 30.6 Å². The summed E-state index contributed by atoms with van der Waals surface area (Å²) in [5.74, 6) is 1.24. The topological polar surface area (TPSA) is 85.8 Å². The Balaban J connectivity index is 2.22. The van der Waals surface area contributed by atoms with Gasteiger partial charge in [0.1, 0.15) is 6.54 Å². The van der Waals surface area contributed by atoms with Crippen molar-refractivity contribution < 1.29 is 9.59 Å². The van der Waals surface area contributed by atoms with E-state index in [2.05, 4.69) is 20.9 Å². The minimum Gasteiger partial charge on any atom is -0.357 e. The third kappa shape index (κ3) is 8.42. The summed E-state index contributed by atoms with van der Waals surface area (Å²) < 4.78 is 0. The number of amides is 2. The van der Waals surface area contributed by atoms with E-state index in [9.17, 15) is 9.59 Å². The summed E-state index contributed by atoms with van der Waals surface area (Å²) in [6, 6.07) is 0. The average molecular weight is 325 g/mol. The molecule has 0 aromatic rings. The Labute approximate surface area is 139 Å². The lowest BCUT2D eigenvalue weighted by atomic mass is 10.0. The van der Waals surface area contributed by atoms with Gasteiger partial charge in [-0.1, -0.05) is 12.8 Å². The highest BCUT2D eigenvalue weighted by atomic mass is 16.2. The summed E-state index contributed by atoms with van der Waals surface area (Å²) in [5.41, 5.74) is 0. The van der Waals surface area contributed by atoms with Crippen molar-refractivity contribution in [3.63, 3.8) is 0 Å². The van der Waals surface area contributed by atoms with Gasteiger partial charge in [0.25, 0.3) is 0 Å². The molecule has 1 fully saturated rings. The van der Waals surface area contributed by atoms with E-state index >= 15 is 0 Å². The van der Waals surface area contributed by atoms with Crippen molar-refractivity contribution >= 4 is 17.8 Å². The number of hydrogen-bond acceptors (Lipinski definition) is 3. The van der Waals surface area contributed by atoms with Gasteiger partial charge in [-0.3, -0.25) is 9.59 Å². The largest absolute Gasteiger partial charge is 0.357 e. The normalized spacial score (nSPS) is 15.3. The highest BCUT2D eigenvalue weighted by Crippen LogP contribution is 2.27. The number of nitrogens with zero attached hydrogens (tertiary/aromatic N) is 2. The number of carbonyl (C=O) groups excluding carboxylic acids is 2. The van der Waals surface area contributed by atoms with Gasteiger partial charge in [-0.2, -0.15) is 0 Å². The van der Waals surface area contributed by atoms with Crippen molar-refractivity contribution in [1.82, 2.24) is 20.9 Å². The predicted octanol–water partition coefficient (Wildman–Crippen LogP) is 0.326. The Morgan fingerprint density at radius 2 is 1.74 bits per heavy atom. The molecule has 1 aliphatic rings. The molecule has 0 aromatic heterocycles. The predicted molar refractivity (Wildman–Crippen MR) is 92.3 cm³/mol. The van der Waals surface area contributed by atoms with Crippen LogP contribution in [0, 0.1) is 5.92 Å². The van der Waals surface area contributed by atoms with Crippen molar-refractivity contribution in [2.75, 3.05) is 40.3 Å². The van der Waals surface area contributed by atoms with Gasteiger partial charge in [0.2, 0.25) is 11.8 Å². The Hall–Kier alpha value is -1.79. The fraction of sp³-hybridized carbons (Fsp3) is 0.812. The molecule has 132 valence electrons. The first-order valence-electron chi connectivity index (χ1n) is 8.52. The maximum absolute atomic E-state index is 11.8. The first-order chi connectivity index (χ1) is 11.0. The van der Waals surface area contributed by atoms with Crippen LogP contribution in [-0.2, 0) is 9.59 Å². The second-order valence-corrected chi connectivity index (χ2v) is 6.11. The minimum atomic E-state index is -0.0490. The van der Waals surface area contributed by atoms with Crippen LogP contribution in [0.4, 0.5) is 0 Å². The summed E-state index contributed by atoms with van der Waals surface area (Å²) in [4.78, 5) is 29.1. The fourth-order valence-electron chi connectivity index (χ4n) is 2.56. The average Bonchev–Trinajstić information content (AvgIpc) is 3.01. The van der Waals surface area contributed by atoms with Crippen molar-refractivity contribution in [2.24, 2.45) is 10.9 Å². The monoisotopic (exact) mass is 325 g/mol. The summed E-state index contributed by atoms with van der Waals surface area (Å²) in [5, 5.41) is 9.13. The van der Waals surface area contributed by atoms with Crippen molar-refractivity contribution in [2.45, 2.75) is 39.0 Å². The summed E-state index contributed by atoms with van der Waals surface area (Å²) in [6.07, 6.45) is 5.53. The Morgan fingerprint density at radius 3 is 2.35 bits per heavy atom. The quantitative estimate of drug-likeness (QED) is 0.341. The van der Waals surface area contributed by atoms with Crippen LogP contribution in [0.1, 0.15) is 39.0 Å². The van der Waals surface area contributed by atoms with Crippen LogP contribution in [0.5, 0.6) is 0 Å². The molecular weight excluding hydrogens is 294 g/mol. The molecule has 0 bridgehead atoms. The lowest BCUT2D eigenvalue weighted by Crippen LogP contribution is -2.42. The second kappa shape index (κ2) is 10.9. The molecule has 1 rings (SSSR count). The number of likely N-dealkylation sites (N-methyl/N-ethyl adjacent to an activating group) is 1. The number of nitrogens with one attached hydrogen (secondary N) is 3. The SMILES string of the molecule is CCNC(=NCC(=O)N(C)C)NCCNC(=O)CC1CCCC1. The highest BCUT2D eigenvalue weighted by molar-refractivity contribution is 5.84. The zero-order valence-corrected chi connectivity index (χ0v) is 14.7. The summed E-state index contributed by atoms with van der Waals surface area (Å²) >= 11 is 0. The number of aliphatic imine (C=N–C) groups is 1. The molecule has 0 radical (unpaired) electrons. The van der Waals surface area contributed by atoms with E-state index in [0.717, 1.165) is 6.54 Å². The molecule has 0 saturated heterocycles. The molecule has 0 atom stereocenters. The molecule has 0 unspecified atom stereocenters. The summed E-state index contributed by atoms with van der Waals surface area (Å²) in [7, 11) is 3.41. The van der Waals surface area contributed by atoms with E-state index in [1.54, 1.807) is 14.1 Å². The van der Waals surface area contributed by atoms with Gasteiger partial charge in [0.15, 0.2) is 5.96 Å². The lowest BCUT2D eigenvalue weighted by molar-refractivity contribution is -0.127. The number of guanidine groups is 1. The summed E-state index contributed by atoms with van der Waals surface area (Å²) in [6.45, 7) is 3.93. The van der Waals surface area contributed by atoms with Gasteiger partial charge in [-0.05, 0) is 25.7 Å². The highest BCUT2D eigenvalue weighted by Gasteiger charge is 2.17. The molecule has 3 N–H and O–H groups in total. The van der Waals surface area contributed by atoms with Crippen molar-refractivity contribution in [1.29, 1.82) is 0 Å². The Kier molecular flexibility index (Phi) is 9.09. The molecular formula is C16H31N5O2. The maximum atomic E-state index is 11.8. The molecule has 23 heavy (non-hydrogen) atoms. The number of carbonyl (C=O) groups is 2. The molecule has 7 nitrogen and oxygen atoms in total. The smallest absolute Gasteiger partial charge is 0.243 e. The zero-order chi connectivity index (χ0) is 17.1. The molecule has 0 aliphatic heterocycles. The van der Waals surface area contributed by atoms with Crippen LogP contribution < -0.4 is 16.0 Å². The van der Waals surface area contributed by atoms with Gasteiger partial charge in [-0.25, -0.2) is 4.99 Å². The van der Waals surface area contributed by atoms with Crippen molar-refractivity contribution in [3.05, 3.63) is 0 Å². The second-order valence-electron chi connectivity index (χ2n) is 6.11. The van der Waals surface area contributed by atoms with Crippen LogP contribution in [0.15, 0.2) is 4.99 Å². The third-order valence-corrected chi connectivity index (χ3v) is 3.90. The molecule has 1 aliphatic carbocycles. The van der Waals surface area contributed by atoms with Gasteiger partial charge in [-0.15, -0.1) is 0 Å². The van der Waals surface area contributed by atoms with Crippen LogP contribution in [0.25, 0.3) is 0 Å². The molecule has 1 saturated carbocycles. The van der Waals surface area contributed by atoms with E-state index in [-0.39, 0.29) is 18.4 Å². The van der Waals surface area contributed by atoms with E-state index in [1.807, 2.05) is 6.92 Å². The van der Waals surface area contributed by atoms with Crippen LogP contribution >= 0.6 is 0 Å². The van der Waals surface area contributed by atoms with Crippen LogP contribution in [-0.4, -0.2) is 62.9 Å². The molecule has 2 amide bonds. The fourth-order valence-corrected chi connectivity index (χ4v) is 2.56. The maximum Gasteiger partial charge on any atom is 0.243 e. The third-order valence-electron chi connectivity index (χ3n) is 3.90. The van der Waals surface area contributed by atoms with Crippen molar-refractivity contribution in [3.8, 4) is 0 Å². The number of rotatable bonds is 8. The first kappa shape index (κ1) is 19.3. The van der Waals surface area contributed by atoms with Crippen LogP contribution in [0.3, 0.4) is 0 Å². The van der Waals surface area contributed by atoms with E-state index < -0.39 is 0 Å². The number of hydrogen-bond donors (Lipinski definition) is 3. The van der Waals surface area contributed by atoms with Gasteiger partial charge >= 0.3 is 0 Å². The molecule has 0 heterocycles. The van der Waals surface area contributed by atoms with Gasteiger partial charge in [0.05, 0.1) is 0 Å². The Bertz CT molecular complexity index is 403. The zero-order valence-electron chi connectivity index (χ0n) is 14.7. The van der Waals surface area contributed by atoms with E-state index in [4.69, 9.17) is 0 Å². The lowest BCUT2D eigenvalue weighted by Gasteiger charge is -2.13. The van der Waals surface area contributed by atoms with Crippen LogP contribution in [0.2, 0.25) is 0 Å². The Morgan fingerprint density at radius 1 is 1.09 bits per heavy atom. The molecule has 0 spiro atoms. The minimum absolute atomic E-state index is 0.0490. The molecule has 0 aromatic carbocycles. The molecule has 7 heteroatoms. The standard InChI is InChI=1S/C16H31N5O2/c1-4-17-16(20-12-15(23)21(2)3)19-10-9-18-14(22)11-13-7-5-6-8-13/h13H,4-12H2,1-3H3,(H,18,22)(H2,17,19,20). The van der Waals surface area contributed by atoms with Gasteiger partial charge < -0.3 is 20.9 Å². The first-order valence-corrected chi connectivity index (χ1v) is 8.52. The van der Waals surface area contributed by atoms with Gasteiger partial charge in [0, 0.05) is 40.2 Å². The van der Waals surface area contributed by atoms with E-state index in [0.29, 0.717) is 31.4 Å².